The van der Waals surface area contributed by atoms with Crippen LogP contribution < -0.4 is 4.90 Å². The van der Waals surface area contributed by atoms with E-state index < -0.39 is 5.60 Å². The minimum Gasteiger partial charge on any atom is -0.445 e. The first kappa shape index (κ1) is 24.6. The number of hydrogen-bond donors (Lipinski definition) is 0. The molecule has 3 aliphatic heterocycles. The predicted octanol–water partition coefficient (Wildman–Crippen LogP) is 4.41. The van der Waals surface area contributed by atoms with Gasteiger partial charge in [-0.05, 0) is 57.2 Å². The molecule has 0 radical (unpaired) electrons. The summed E-state index contributed by atoms with van der Waals surface area (Å²) >= 11 is 6.33. The smallest absolute Gasteiger partial charge is 0.410 e. The number of halogens is 1. The average Bonchev–Trinajstić information content (AvgIpc) is 3.10. The lowest BCUT2D eigenvalue weighted by Gasteiger charge is -2.42. The molecule has 2 bridgehead atoms. The van der Waals surface area contributed by atoms with Gasteiger partial charge in [0.15, 0.2) is 0 Å². The summed E-state index contributed by atoms with van der Waals surface area (Å²) in [7, 11) is 0. The highest BCUT2D eigenvalue weighted by Crippen LogP contribution is 2.36. The molecule has 2 fully saturated rings. The largest absolute Gasteiger partial charge is 0.445 e. The fraction of sp³-hybridized carbons (Fsp3) is 0.538. The van der Waals surface area contributed by atoms with E-state index in [-0.39, 0.29) is 36.2 Å². The Morgan fingerprint density at radius 2 is 1.75 bits per heavy atom. The second-order valence-corrected chi connectivity index (χ2v) is 11.0. The SMILES string of the molecule is CC(C)(C)OC(=O)N1CCc2c(nc(Cl)nc2N2C[C@H]3CC[C@@H](C2)N3C(=O)OCc2ccccc2)C1. The zero-order valence-corrected chi connectivity index (χ0v) is 21.7. The van der Waals surface area contributed by atoms with Gasteiger partial charge in [-0.1, -0.05) is 30.3 Å². The molecule has 4 heterocycles. The van der Waals surface area contributed by atoms with Crippen LogP contribution in [0.25, 0.3) is 0 Å². The maximum Gasteiger partial charge on any atom is 0.410 e. The van der Waals surface area contributed by atoms with Gasteiger partial charge in [0, 0.05) is 25.2 Å². The van der Waals surface area contributed by atoms with Crippen LogP contribution in [-0.2, 0) is 29.0 Å². The van der Waals surface area contributed by atoms with Gasteiger partial charge in [0.2, 0.25) is 5.28 Å². The van der Waals surface area contributed by atoms with Crippen molar-refractivity contribution >= 4 is 29.6 Å². The van der Waals surface area contributed by atoms with Gasteiger partial charge in [-0.2, -0.15) is 0 Å². The Balaban J connectivity index is 1.28. The molecule has 1 aromatic heterocycles. The van der Waals surface area contributed by atoms with Crippen LogP contribution >= 0.6 is 11.6 Å². The molecular weight excluding hydrogens is 482 g/mol. The Morgan fingerprint density at radius 3 is 2.42 bits per heavy atom. The van der Waals surface area contributed by atoms with Crippen LogP contribution in [0.5, 0.6) is 0 Å². The monoisotopic (exact) mass is 513 g/mol. The van der Waals surface area contributed by atoms with Crippen LogP contribution in [0.2, 0.25) is 5.28 Å². The standard InChI is InChI=1S/C26H32ClN5O4/c1-26(2,3)36-24(33)30-12-11-20-21(15-30)28-23(27)29-22(20)31-13-18-9-10-19(14-31)32(18)25(34)35-16-17-7-5-4-6-8-17/h4-8,18-19H,9-16H2,1-3H3/t18-,19+. The van der Waals surface area contributed by atoms with Crippen molar-refractivity contribution in [3.05, 3.63) is 52.4 Å². The fourth-order valence-electron chi connectivity index (χ4n) is 5.29. The number of benzene rings is 1. The van der Waals surface area contributed by atoms with Crippen molar-refractivity contribution in [2.75, 3.05) is 24.5 Å². The highest BCUT2D eigenvalue weighted by atomic mass is 35.5. The number of nitrogens with zero attached hydrogens (tertiary/aromatic N) is 5. The first-order valence-corrected chi connectivity index (χ1v) is 12.8. The van der Waals surface area contributed by atoms with Crippen molar-refractivity contribution < 1.29 is 19.1 Å². The number of piperazine rings is 1. The van der Waals surface area contributed by atoms with Crippen LogP contribution in [-0.4, -0.2) is 69.3 Å². The predicted molar refractivity (Wildman–Crippen MR) is 135 cm³/mol. The Labute approximate surface area is 216 Å². The van der Waals surface area contributed by atoms with E-state index in [4.69, 9.17) is 21.1 Å². The number of carbonyl (C=O) groups excluding carboxylic acids is 2. The van der Waals surface area contributed by atoms with Crippen LogP contribution in [0.1, 0.15) is 50.4 Å². The summed E-state index contributed by atoms with van der Waals surface area (Å²) in [6.07, 6.45) is 1.85. The molecular formula is C26H32ClN5O4. The van der Waals surface area contributed by atoms with E-state index in [1.807, 2.05) is 56.0 Å². The highest BCUT2D eigenvalue weighted by Gasteiger charge is 2.44. The van der Waals surface area contributed by atoms with E-state index in [1.54, 1.807) is 4.90 Å². The average molecular weight is 514 g/mol. The van der Waals surface area contributed by atoms with E-state index in [9.17, 15) is 9.59 Å². The number of ether oxygens (including phenoxy) is 2. The van der Waals surface area contributed by atoms with Gasteiger partial charge in [-0.25, -0.2) is 19.6 Å². The molecule has 2 saturated heterocycles. The van der Waals surface area contributed by atoms with Crippen molar-refractivity contribution in [1.29, 1.82) is 0 Å². The van der Waals surface area contributed by atoms with Crippen molar-refractivity contribution in [1.82, 2.24) is 19.8 Å². The Morgan fingerprint density at radius 1 is 1.06 bits per heavy atom. The normalized spacial score (nSPS) is 21.3. The molecule has 192 valence electrons. The van der Waals surface area contributed by atoms with Crippen LogP contribution in [0.3, 0.4) is 0 Å². The minimum absolute atomic E-state index is 0.0540. The number of amides is 2. The Kier molecular flexibility index (Phi) is 6.68. The molecule has 2 atom stereocenters. The summed E-state index contributed by atoms with van der Waals surface area (Å²) in [5.41, 5.74) is 2.17. The van der Waals surface area contributed by atoms with Crippen molar-refractivity contribution in [3.8, 4) is 0 Å². The number of hydrogen-bond acceptors (Lipinski definition) is 7. The minimum atomic E-state index is -0.562. The molecule has 2 amide bonds. The molecule has 1 aromatic carbocycles. The lowest BCUT2D eigenvalue weighted by atomic mass is 10.0. The number of aromatic nitrogens is 2. The van der Waals surface area contributed by atoms with Crippen molar-refractivity contribution in [2.45, 2.75) is 70.9 Å². The number of fused-ring (bicyclic) bond motifs is 3. The van der Waals surface area contributed by atoms with Gasteiger partial charge in [0.1, 0.15) is 18.0 Å². The molecule has 36 heavy (non-hydrogen) atoms. The van der Waals surface area contributed by atoms with Crippen LogP contribution in [0, 0.1) is 0 Å². The van der Waals surface area contributed by atoms with Gasteiger partial charge < -0.3 is 19.3 Å². The van der Waals surface area contributed by atoms with Gasteiger partial charge in [0.25, 0.3) is 0 Å². The fourth-order valence-corrected chi connectivity index (χ4v) is 5.48. The summed E-state index contributed by atoms with van der Waals surface area (Å²) < 4.78 is 11.2. The molecule has 0 N–H and O–H groups in total. The molecule has 9 nitrogen and oxygen atoms in total. The Hall–Kier alpha value is -3.07. The maximum absolute atomic E-state index is 13.0. The second-order valence-electron chi connectivity index (χ2n) is 10.6. The van der Waals surface area contributed by atoms with Crippen molar-refractivity contribution in [2.24, 2.45) is 0 Å². The first-order valence-electron chi connectivity index (χ1n) is 12.4. The third kappa shape index (κ3) is 5.21. The summed E-state index contributed by atoms with van der Waals surface area (Å²) in [6.45, 7) is 8.00. The van der Waals surface area contributed by atoms with Gasteiger partial charge in [-0.15, -0.1) is 0 Å². The van der Waals surface area contributed by atoms with E-state index >= 15 is 0 Å². The molecule has 2 aromatic rings. The second kappa shape index (κ2) is 9.76. The van der Waals surface area contributed by atoms with Gasteiger partial charge in [0.05, 0.1) is 24.3 Å². The number of carbonyl (C=O) groups is 2. The molecule has 0 unspecified atom stereocenters. The molecule has 3 aliphatic rings. The third-order valence-electron chi connectivity index (χ3n) is 6.87. The zero-order chi connectivity index (χ0) is 25.4. The lowest BCUT2D eigenvalue weighted by molar-refractivity contribution is 0.0220. The maximum atomic E-state index is 13.0. The van der Waals surface area contributed by atoms with E-state index in [0.29, 0.717) is 32.6 Å². The topological polar surface area (TPSA) is 88.1 Å². The summed E-state index contributed by atoms with van der Waals surface area (Å²) in [6, 6.07) is 9.82. The quantitative estimate of drug-likeness (QED) is 0.561. The first-order chi connectivity index (χ1) is 17.2. The summed E-state index contributed by atoms with van der Waals surface area (Å²) in [5, 5.41) is 0.159. The summed E-state index contributed by atoms with van der Waals surface area (Å²) in [4.78, 5) is 40.4. The van der Waals surface area contributed by atoms with E-state index in [1.165, 1.54) is 0 Å². The highest BCUT2D eigenvalue weighted by molar-refractivity contribution is 6.28. The molecule has 0 aliphatic carbocycles. The molecule has 5 rings (SSSR count). The van der Waals surface area contributed by atoms with Crippen LogP contribution in [0.4, 0.5) is 15.4 Å². The molecule has 0 spiro atoms. The van der Waals surface area contributed by atoms with Gasteiger partial charge in [-0.3, -0.25) is 4.90 Å². The third-order valence-corrected chi connectivity index (χ3v) is 7.03. The van der Waals surface area contributed by atoms with Crippen LogP contribution in [0.15, 0.2) is 30.3 Å². The summed E-state index contributed by atoms with van der Waals surface area (Å²) in [5.74, 6) is 0.808. The van der Waals surface area contributed by atoms with E-state index in [2.05, 4.69) is 14.9 Å². The van der Waals surface area contributed by atoms with Crippen molar-refractivity contribution in [3.63, 3.8) is 0 Å². The van der Waals surface area contributed by atoms with Gasteiger partial charge >= 0.3 is 12.2 Å². The number of anilines is 1. The molecule has 0 saturated carbocycles. The van der Waals surface area contributed by atoms with E-state index in [0.717, 1.165) is 35.5 Å². The zero-order valence-electron chi connectivity index (χ0n) is 20.9. The molecule has 10 heteroatoms. The number of rotatable bonds is 3. The lowest BCUT2D eigenvalue weighted by Crippen LogP contribution is -2.56. The Bertz CT molecular complexity index is 1130.